The van der Waals surface area contributed by atoms with Crippen LogP contribution in [0, 0.1) is 0 Å². The van der Waals surface area contributed by atoms with E-state index in [4.69, 9.17) is 14.2 Å². The van der Waals surface area contributed by atoms with Crippen LogP contribution in [0.5, 0.6) is 0 Å². The Kier molecular flexibility index (Phi) is 6.37. The van der Waals surface area contributed by atoms with Crippen molar-refractivity contribution in [3.63, 3.8) is 0 Å². The Bertz CT molecular complexity index is 211. The van der Waals surface area contributed by atoms with Gasteiger partial charge in [-0.1, -0.05) is 13.8 Å². The zero-order valence-corrected chi connectivity index (χ0v) is 10.8. The van der Waals surface area contributed by atoms with Crippen LogP contribution >= 0.6 is 0 Å². The minimum Gasteiger partial charge on any atom is -0.385 e. The van der Waals surface area contributed by atoms with Gasteiger partial charge in [0.25, 0.3) is 0 Å². The van der Waals surface area contributed by atoms with E-state index in [0.717, 1.165) is 12.8 Å². The van der Waals surface area contributed by atoms with E-state index in [1.54, 1.807) is 0 Å². The lowest BCUT2D eigenvalue weighted by atomic mass is 9.99. The summed E-state index contributed by atoms with van der Waals surface area (Å²) >= 11 is 0. The van der Waals surface area contributed by atoms with Crippen LogP contribution in [0.15, 0.2) is 0 Å². The molecule has 0 radical (unpaired) electrons. The minimum atomic E-state index is -1.20. The summed E-state index contributed by atoms with van der Waals surface area (Å²) in [6, 6.07) is 0. The van der Waals surface area contributed by atoms with Crippen molar-refractivity contribution < 1.29 is 24.4 Å². The summed E-state index contributed by atoms with van der Waals surface area (Å²) in [6.07, 6.45) is -1.66. The van der Waals surface area contributed by atoms with E-state index in [9.17, 15) is 10.2 Å². The summed E-state index contributed by atoms with van der Waals surface area (Å²) in [7, 11) is 0. The molecule has 5 heteroatoms. The van der Waals surface area contributed by atoms with Gasteiger partial charge in [-0.15, -0.1) is 0 Å². The van der Waals surface area contributed by atoms with Gasteiger partial charge in [0.1, 0.15) is 18.3 Å². The standard InChI is InChI=1S/C12H24O5/c1-4-6-15-10-8(3)17-12(14)9(13)11(10)16-7-5-2/h8-14H,4-7H2,1-3H3/t8-,9+,10-,11-,12+/m0/s1. The molecule has 0 bridgehead atoms. The molecule has 1 rings (SSSR count). The van der Waals surface area contributed by atoms with E-state index in [1.165, 1.54) is 0 Å². The molecule has 1 heterocycles. The van der Waals surface area contributed by atoms with Crippen molar-refractivity contribution in [3.8, 4) is 0 Å². The van der Waals surface area contributed by atoms with Gasteiger partial charge in [0.05, 0.1) is 6.10 Å². The van der Waals surface area contributed by atoms with Gasteiger partial charge in [-0.25, -0.2) is 0 Å². The molecule has 1 fully saturated rings. The van der Waals surface area contributed by atoms with Gasteiger partial charge >= 0.3 is 0 Å². The van der Waals surface area contributed by atoms with Crippen LogP contribution in [0.4, 0.5) is 0 Å². The Morgan fingerprint density at radius 1 is 1.00 bits per heavy atom. The zero-order chi connectivity index (χ0) is 12.8. The quantitative estimate of drug-likeness (QED) is 0.723. The van der Waals surface area contributed by atoms with Gasteiger partial charge in [-0.2, -0.15) is 0 Å². The molecule has 1 saturated heterocycles. The van der Waals surface area contributed by atoms with E-state index in [-0.39, 0.29) is 12.2 Å². The third-order valence-corrected chi connectivity index (χ3v) is 2.80. The second-order valence-electron chi connectivity index (χ2n) is 4.39. The number of ether oxygens (including phenoxy) is 3. The first-order valence-electron chi connectivity index (χ1n) is 6.36. The molecule has 5 nitrogen and oxygen atoms in total. The zero-order valence-electron chi connectivity index (χ0n) is 10.8. The molecule has 0 aromatic heterocycles. The number of rotatable bonds is 6. The topological polar surface area (TPSA) is 68.2 Å². The first kappa shape index (κ1) is 14.9. The fourth-order valence-electron chi connectivity index (χ4n) is 1.93. The van der Waals surface area contributed by atoms with E-state index in [0.29, 0.717) is 13.2 Å². The molecule has 5 atom stereocenters. The van der Waals surface area contributed by atoms with E-state index < -0.39 is 18.5 Å². The molecule has 1 aliphatic rings. The average Bonchev–Trinajstić information content (AvgIpc) is 2.30. The summed E-state index contributed by atoms with van der Waals surface area (Å²) in [4.78, 5) is 0. The van der Waals surface area contributed by atoms with Crippen molar-refractivity contribution in [2.45, 2.75) is 64.3 Å². The van der Waals surface area contributed by atoms with Crippen LogP contribution in [0.1, 0.15) is 33.6 Å². The monoisotopic (exact) mass is 248 g/mol. The van der Waals surface area contributed by atoms with Gasteiger partial charge in [0.15, 0.2) is 6.29 Å². The molecule has 0 aliphatic carbocycles. The highest BCUT2D eigenvalue weighted by atomic mass is 16.7. The number of hydrogen-bond acceptors (Lipinski definition) is 5. The fraction of sp³-hybridized carbons (Fsp3) is 1.00. The Morgan fingerprint density at radius 2 is 1.53 bits per heavy atom. The lowest BCUT2D eigenvalue weighted by Crippen LogP contribution is -2.58. The molecule has 17 heavy (non-hydrogen) atoms. The lowest BCUT2D eigenvalue weighted by molar-refractivity contribution is -0.293. The smallest absolute Gasteiger partial charge is 0.183 e. The highest BCUT2D eigenvalue weighted by Gasteiger charge is 2.44. The molecule has 0 spiro atoms. The molecule has 0 unspecified atom stereocenters. The maximum atomic E-state index is 9.87. The van der Waals surface area contributed by atoms with E-state index in [2.05, 4.69) is 0 Å². The van der Waals surface area contributed by atoms with Crippen LogP contribution < -0.4 is 0 Å². The van der Waals surface area contributed by atoms with Gasteiger partial charge < -0.3 is 24.4 Å². The normalized spacial score (nSPS) is 38.3. The Hall–Kier alpha value is -0.200. The number of aliphatic hydroxyl groups excluding tert-OH is 2. The summed E-state index contributed by atoms with van der Waals surface area (Å²) in [5.41, 5.74) is 0. The Labute approximate surface area is 103 Å². The molecule has 0 amide bonds. The summed E-state index contributed by atoms with van der Waals surface area (Å²) < 4.78 is 16.5. The fourth-order valence-corrected chi connectivity index (χ4v) is 1.93. The van der Waals surface area contributed by atoms with Gasteiger partial charge in [0.2, 0.25) is 0 Å². The number of hydrogen-bond donors (Lipinski definition) is 2. The average molecular weight is 248 g/mol. The highest BCUT2D eigenvalue weighted by molar-refractivity contribution is 4.89. The predicted octanol–water partition coefficient (Wildman–Crippen LogP) is 0.675. The molecule has 0 aromatic rings. The third kappa shape index (κ3) is 3.89. The van der Waals surface area contributed by atoms with Crippen LogP contribution in [0.25, 0.3) is 0 Å². The van der Waals surface area contributed by atoms with Crippen LogP contribution in [-0.4, -0.2) is 54.1 Å². The van der Waals surface area contributed by atoms with Crippen molar-refractivity contribution in [2.24, 2.45) is 0 Å². The van der Waals surface area contributed by atoms with Crippen LogP contribution in [0.3, 0.4) is 0 Å². The molecular weight excluding hydrogens is 224 g/mol. The molecule has 1 aliphatic heterocycles. The van der Waals surface area contributed by atoms with Gasteiger partial charge in [-0.3, -0.25) is 0 Å². The maximum absolute atomic E-state index is 9.87. The second-order valence-corrected chi connectivity index (χ2v) is 4.39. The maximum Gasteiger partial charge on any atom is 0.183 e. The van der Waals surface area contributed by atoms with Crippen molar-refractivity contribution in [1.29, 1.82) is 0 Å². The Balaban J connectivity index is 2.64. The predicted molar refractivity (Wildman–Crippen MR) is 62.6 cm³/mol. The minimum absolute atomic E-state index is 0.290. The van der Waals surface area contributed by atoms with Crippen molar-refractivity contribution in [1.82, 2.24) is 0 Å². The van der Waals surface area contributed by atoms with Crippen molar-refractivity contribution in [2.75, 3.05) is 13.2 Å². The van der Waals surface area contributed by atoms with E-state index in [1.807, 2.05) is 20.8 Å². The second kappa shape index (κ2) is 7.28. The molecule has 0 aromatic carbocycles. The lowest BCUT2D eigenvalue weighted by Gasteiger charge is -2.41. The van der Waals surface area contributed by atoms with Crippen LogP contribution in [-0.2, 0) is 14.2 Å². The van der Waals surface area contributed by atoms with Gasteiger partial charge in [-0.05, 0) is 19.8 Å². The van der Waals surface area contributed by atoms with Crippen LogP contribution in [0.2, 0.25) is 0 Å². The molecular formula is C12H24O5. The summed E-state index contributed by atoms with van der Waals surface area (Å²) in [5, 5.41) is 19.4. The molecule has 102 valence electrons. The Morgan fingerprint density at radius 3 is 2.06 bits per heavy atom. The molecule has 2 N–H and O–H groups in total. The van der Waals surface area contributed by atoms with Gasteiger partial charge in [0, 0.05) is 13.2 Å². The molecule has 0 saturated carbocycles. The SMILES string of the molecule is CCCO[C@@H]1[C@@H](OCCC)[C@@H](O)[C@H](O)O[C@H]1C. The van der Waals surface area contributed by atoms with Crippen molar-refractivity contribution in [3.05, 3.63) is 0 Å². The highest BCUT2D eigenvalue weighted by Crippen LogP contribution is 2.24. The van der Waals surface area contributed by atoms with Crippen molar-refractivity contribution >= 4 is 0 Å². The summed E-state index contributed by atoms with van der Waals surface area (Å²) in [6.45, 7) is 6.95. The largest absolute Gasteiger partial charge is 0.385 e. The summed E-state index contributed by atoms with van der Waals surface area (Å²) in [5.74, 6) is 0. The third-order valence-electron chi connectivity index (χ3n) is 2.80. The number of aliphatic hydroxyl groups is 2. The first-order chi connectivity index (χ1) is 8.11. The first-order valence-corrected chi connectivity index (χ1v) is 6.36. The van der Waals surface area contributed by atoms with E-state index >= 15 is 0 Å².